The minimum absolute atomic E-state index is 0.440. The number of aromatic nitrogens is 1. The minimum atomic E-state index is 0.440. The summed E-state index contributed by atoms with van der Waals surface area (Å²) in [6, 6.07) is 14.9. The smallest absolute Gasteiger partial charge is 0.213 e. The summed E-state index contributed by atoms with van der Waals surface area (Å²) in [4.78, 5) is 9.33. The SMILES string of the molecule is CCCCCC(c1ccc(C#N)c(C)c1)N1CCN(CCOc2ccccn2)CC1. The third-order valence-corrected chi connectivity index (χ3v) is 5.98. The maximum atomic E-state index is 9.26. The van der Waals surface area contributed by atoms with E-state index in [1.807, 2.05) is 31.2 Å². The van der Waals surface area contributed by atoms with Gasteiger partial charge in [-0.1, -0.05) is 44.4 Å². The number of piperazine rings is 1. The number of nitrogens with zero attached hydrogens (tertiary/aromatic N) is 4. The summed E-state index contributed by atoms with van der Waals surface area (Å²) in [7, 11) is 0. The van der Waals surface area contributed by atoms with E-state index in [1.165, 1.54) is 31.2 Å². The van der Waals surface area contributed by atoms with Crippen LogP contribution in [0.4, 0.5) is 0 Å². The van der Waals surface area contributed by atoms with Gasteiger partial charge in [0.05, 0.1) is 11.6 Å². The van der Waals surface area contributed by atoms with Gasteiger partial charge in [-0.3, -0.25) is 9.80 Å². The van der Waals surface area contributed by atoms with E-state index in [0.29, 0.717) is 18.5 Å². The molecule has 0 aliphatic carbocycles. The predicted octanol–water partition coefficient (Wildman–Crippen LogP) is 4.58. The Morgan fingerprint density at radius 1 is 1.13 bits per heavy atom. The largest absolute Gasteiger partial charge is 0.476 e. The topological polar surface area (TPSA) is 52.4 Å². The number of aryl methyl sites for hydroxylation is 1. The van der Waals surface area contributed by atoms with Crippen molar-refractivity contribution >= 4 is 0 Å². The lowest BCUT2D eigenvalue weighted by molar-refractivity contribution is 0.0813. The fourth-order valence-corrected chi connectivity index (χ4v) is 4.18. The molecule has 3 rings (SSSR count). The van der Waals surface area contributed by atoms with Crippen molar-refractivity contribution in [3.05, 3.63) is 59.3 Å². The molecule has 5 heteroatoms. The number of ether oxygens (including phenoxy) is 1. The van der Waals surface area contributed by atoms with Crippen molar-refractivity contribution in [1.82, 2.24) is 14.8 Å². The second-order valence-electron chi connectivity index (χ2n) is 8.09. The minimum Gasteiger partial charge on any atom is -0.476 e. The second-order valence-corrected chi connectivity index (χ2v) is 8.09. The maximum Gasteiger partial charge on any atom is 0.213 e. The molecule has 5 nitrogen and oxygen atoms in total. The fraction of sp³-hybridized carbons (Fsp3) is 0.520. The highest BCUT2D eigenvalue weighted by Crippen LogP contribution is 2.29. The molecular formula is C25H34N4O. The van der Waals surface area contributed by atoms with Crippen LogP contribution in [0.1, 0.15) is 55.3 Å². The molecule has 0 bridgehead atoms. The molecule has 1 aromatic carbocycles. The Kier molecular flexibility index (Phi) is 8.67. The number of hydrogen-bond acceptors (Lipinski definition) is 5. The molecule has 1 saturated heterocycles. The molecule has 1 aliphatic heterocycles. The van der Waals surface area contributed by atoms with Gasteiger partial charge in [0.1, 0.15) is 6.61 Å². The van der Waals surface area contributed by atoms with Gasteiger partial charge in [-0.25, -0.2) is 4.98 Å². The van der Waals surface area contributed by atoms with Crippen molar-refractivity contribution in [2.24, 2.45) is 0 Å². The van der Waals surface area contributed by atoms with Crippen LogP contribution in [0.25, 0.3) is 0 Å². The molecule has 0 N–H and O–H groups in total. The van der Waals surface area contributed by atoms with Crippen LogP contribution in [0.3, 0.4) is 0 Å². The average molecular weight is 407 g/mol. The van der Waals surface area contributed by atoms with Gasteiger partial charge in [-0.05, 0) is 36.6 Å². The lowest BCUT2D eigenvalue weighted by Gasteiger charge is -2.39. The summed E-state index contributed by atoms with van der Waals surface area (Å²) in [5.74, 6) is 0.698. The lowest BCUT2D eigenvalue weighted by atomic mass is 9.95. The molecule has 160 valence electrons. The Balaban J connectivity index is 1.55. The molecule has 2 heterocycles. The zero-order valence-electron chi connectivity index (χ0n) is 18.4. The maximum absolute atomic E-state index is 9.26. The highest BCUT2D eigenvalue weighted by Gasteiger charge is 2.25. The Morgan fingerprint density at radius 3 is 2.63 bits per heavy atom. The normalized spacial score (nSPS) is 16.2. The molecule has 30 heavy (non-hydrogen) atoms. The van der Waals surface area contributed by atoms with E-state index >= 15 is 0 Å². The van der Waals surface area contributed by atoms with Crippen LogP contribution in [0.2, 0.25) is 0 Å². The van der Waals surface area contributed by atoms with E-state index in [2.05, 4.69) is 39.9 Å². The van der Waals surface area contributed by atoms with Crippen LogP contribution >= 0.6 is 0 Å². The van der Waals surface area contributed by atoms with Crippen LogP contribution < -0.4 is 4.74 Å². The van der Waals surface area contributed by atoms with Gasteiger partial charge in [-0.2, -0.15) is 5.26 Å². The van der Waals surface area contributed by atoms with Crippen molar-refractivity contribution in [1.29, 1.82) is 5.26 Å². The Morgan fingerprint density at radius 2 is 1.97 bits per heavy atom. The molecule has 1 fully saturated rings. The quantitative estimate of drug-likeness (QED) is 0.541. The first kappa shape index (κ1) is 22.3. The highest BCUT2D eigenvalue weighted by molar-refractivity contribution is 5.40. The van der Waals surface area contributed by atoms with Crippen LogP contribution in [-0.4, -0.2) is 54.1 Å². The first-order valence-corrected chi connectivity index (χ1v) is 11.2. The zero-order chi connectivity index (χ0) is 21.2. The van der Waals surface area contributed by atoms with Crippen molar-refractivity contribution in [2.75, 3.05) is 39.3 Å². The van der Waals surface area contributed by atoms with Gasteiger partial charge in [0, 0.05) is 51.0 Å². The molecule has 0 radical (unpaired) electrons. The standard InChI is InChI=1S/C25H34N4O/c1-3-4-5-8-24(22-10-11-23(20-26)21(2)19-22)29-15-13-28(14-16-29)17-18-30-25-9-6-7-12-27-25/h6-7,9-12,19,24H,3-5,8,13-18H2,1-2H3. The Hall–Kier alpha value is -2.42. The fourth-order valence-electron chi connectivity index (χ4n) is 4.18. The molecule has 1 aliphatic rings. The Labute approximate surface area is 181 Å². The van der Waals surface area contributed by atoms with E-state index in [-0.39, 0.29) is 0 Å². The monoisotopic (exact) mass is 406 g/mol. The summed E-state index contributed by atoms with van der Waals surface area (Å²) < 4.78 is 5.76. The Bertz CT molecular complexity index is 810. The molecule has 1 atom stereocenters. The van der Waals surface area contributed by atoms with Crippen LogP contribution in [0.15, 0.2) is 42.6 Å². The van der Waals surface area contributed by atoms with E-state index in [1.54, 1.807) is 6.20 Å². The molecule has 0 amide bonds. The molecule has 2 aromatic rings. The average Bonchev–Trinajstić information content (AvgIpc) is 2.78. The van der Waals surface area contributed by atoms with Crippen molar-refractivity contribution in [2.45, 2.75) is 45.6 Å². The van der Waals surface area contributed by atoms with Crippen LogP contribution in [0, 0.1) is 18.3 Å². The summed E-state index contributed by atoms with van der Waals surface area (Å²) in [6.07, 6.45) is 6.71. The van der Waals surface area contributed by atoms with Gasteiger partial charge in [-0.15, -0.1) is 0 Å². The summed E-state index contributed by atoms with van der Waals surface area (Å²) in [5.41, 5.74) is 3.22. The molecule has 0 spiro atoms. The van der Waals surface area contributed by atoms with Gasteiger partial charge in [0.15, 0.2) is 0 Å². The highest BCUT2D eigenvalue weighted by atomic mass is 16.5. The summed E-state index contributed by atoms with van der Waals surface area (Å²) >= 11 is 0. The van der Waals surface area contributed by atoms with Gasteiger partial charge < -0.3 is 4.74 Å². The van der Waals surface area contributed by atoms with Crippen molar-refractivity contribution in [3.8, 4) is 11.9 Å². The van der Waals surface area contributed by atoms with Crippen molar-refractivity contribution in [3.63, 3.8) is 0 Å². The molecular weight excluding hydrogens is 372 g/mol. The first-order valence-electron chi connectivity index (χ1n) is 11.2. The number of unbranched alkanes of at least 4 members (excludes halogenated alkanes) is 2. The van der Waals surface area contributed by atoms with Gasteiger partial charge in [0.25, 0.3) is 0 Å². The third kappa shape index (κ3) is 6.29. The zero-order valence-corrected chi connectivity index (χ0v) is 18.4. The van der Waals surface area contributed by atoms with E-state index in [4.69, 9.17) is 4.74 Å². The number of pyridine rings is 1. The van der Waals surface area contributed by atoms with E-state index in [0.717, 1.165) is 43.9 Å². The molecule has 1 aromatic heterocycles. The molecule has 0 saturated carbocycles. The van der Waals surface area contributed by atoms with Crippen LogP contribution in [-0.2, 0) is 0 Å². The molecule has 1 unspecified atom stereocenters. The summed E-state index contributed by atoms with van der Waals surface area (Å²) in [6.45, 7) is 10.2. The lowest BCUT2D eigenvalue weighted by Crippen LogP contribution is -2.48. The van der Waals surface area contributed by atoms with E-state index < -0.39 is 0 Å². The van der Waals surface area contributed by atoms with Crippen LogP contribution in [0.5, 0.6) is 5.88 Å². The second kappa shape index (κ2) is 11.7. The number of hydrogen-bond donors (Lipinski definition) is 0. The predicted molar refractivity (Wildman–Crippen MR) is 121 cm³/mol. The number of benzene rings is 1. The van der Waals surface area contributed by atoms with Gasteiger partial charge >= 0.3 is 0 Å². The summed E-state index contributed by atoms with van der Waals surface area (Å²) in [5, 5.41) is 9.26. The third-order valence-electron chi connectivity index (χ3n) is 5.98. The van der Waals surface area contributed by atoms with Gasteiger partial charge in [0.2, 0.25) is 5.88 Å². The number of nitriles is 1. The first-order chi connectivity index (χ1) is 14.7. The number of rotatable bonds is 10. The van der Waals surface area contributed by atoms with Crippen molar-refractivity contribution < 1.29 is 4.74 Å². The van der Waals surface area contributed by atoms with E-state index in [9.17, 15) is 5.26 Å².